The standard InChI is InChI=1S/C23H24ClN5O/c1-12-2-8-17-16(10-12)21(26-15-6-4-14(25)5-7-15)20(23(30)29-17)22-27-18-9-3-13(24)11-19(18)28-22/h2-3,8-11,14-15H,4-7,25H2,1H3,(H,27,28)(H2,26,29,30). The fourth-order valence-corrected chi connectivity index (χ4v) is 4.52. The molecular weight excluding hydrogens is 398 g/mol. The molecule has 0 radical (unpaired) electrons. The molecule has 1 fully saturated rings. The molecule has 0 amide bonds. The van der Waals surface area contributed by atoms with Gasteiger partial charge in [0.15, 0.2) is 0 Å². The van der Waals surface area contributed by atoms with Gasteiger partial charge in [-0.3, -0.25) is 4.79 Å². The summed E-state index contributed by atoms with van der Waals surface area (Å²) in [6.07, 6.45) is 3.93. The Morgan fingerprint density at radius 1 is 1.07 bits per heavy atom. The van der Waals surface area contributed by atoms with E-state index in [0.29, 0.717) is 16.4 Å². The molecule has 0 unspecified atom stereocenters. The van der Waals surface area contributed by atoms with Crippen molar-refractivity contribution in [1.29, 1.82) is 0 Å². The number of imidazole rings is 1. The second kappa shape index (κ2) is 7.45. The SMILES string of the molecule is Cc1ccc2[nH]c(=O)c(-c3nc4ccc(Cl)cc4[nH]3)c(NC3CCC(N)CC3)c2c1. The molecule has 1 aliphatic rings. The lowest BCUT2D eigenvalue weighted by Gasteiger charge is -2.28. The molecule has 1 aliphatic carbocycles. The van der Waals surface area contributed by atoms with Crippen LogP contribution in [0.4, 0.5) is 5.69 Å². The zero-order valence-electron chi connectivity index (χ0n) is 16.8. The number of H-pyrrole nitrogens is 2. The predicted octanol–water partition coefficient (Wildman–Crippen LogP) is 4.72. The average Bonchev–Trinajstić information content (AvgIpc) is 3.12. The highest BCUT2D eigenvalue weighted by atomic mass is 35.5. The summed E-state index contributed by atoms with van der Waals surface area (Å²) in [6.45, 7) is 2.05. The summed E-state index contributed by atoms with van der Waals surface area (Å²) in [5.74, 6) is 0.534. The van der Waals surface area contributed by atoms with Crippen molar-refractivity contribution < 1.29 is 0 Å². The number of nitrogens with zero attached hydrogens (tertiary/aromatic N) is 1. The van der Waals surface area contributed by atoms with Gasteiger partial charge in [0.2, 0.25) is 0 Å². The van der Waals surface area contributed by atoms with Crippen LogP contribution in [0.15, 0.2) is 41.2 Å². The first-order chi connectivity index (χ1) is 14.5. The van der Waals surface area contributed by atoms with Crippen molar-refractivity contribution in [2.24, 2.45) is 5.73 Å². The maximum Gasteiger partial charge on any atom is 0.261 e. The summed E-state index contributed by atoms with van der Waals surface area (Å²) in [5, 5.41) is 5.28. The molecule has 4 aromatic rings. The van der Waals surface area contributed by atoms with Crippen LogP contribution in [-0.4, -0.2) is 27.0 Å². The summed E-state index contributed by atoms with van der Waals surface area (Å²) in [5.41, 5.74) is 10.8. The van der Waals surface area contributed by atoms with Crippen molar-refractivity contribution >= 4 is 39.2 Å². The van der Waals surface area contributed by atoms with Crippen LogP contribution in [0.2, 0.25) is 5.02 Å². The quantitative estimate of drug-likeness (QED) is 0.384. The lowest BCUT2D eigenvalue weighted by atomic mass is 9.91. The van der Waals surface area contributed by atoms with E-state index >= 15 is 0 Å². The highest BCUT2D eigenvalue weighted by Gasteiger charge is 2.23. The molecule has 2 aromatic heterocycles. The van der Waals surface area contributed by atoms with Crippen LogP contribution in [0.1, 0.15) is 31.2 Å². The van der Waals surface area contributed by atoms with Crippen molar-refractivity contribution in [1.82, 2.24) is 15.0 Å². The van der Waals surface area contributed by atoms with E-state index in [-0.39, 0.29) is 17.6 Å². The van der Waals surface area contributed by atoms with Crippen LogP contribution in [0.3, 0.4) is 0 Å². The second-order valence-corrected chi connectivity index (χ2v) is 8.69. The van der Waals surface area contributed by atoms with Gasteiger partial charge in [0.1, 0.15) is 11.4 Å². The van der Waals surface area contributed by atoms with Gasteiger partial charge in [-0.05, 0) is 62.9 Å². The Morgan fingerprint density at radius 2 is 1.87 bits per heavy atom. The molecule has 1 saturated carbocycles. The number of aromatic nitrogens is 3. The third kappa shape index (κ3) is 3.46. The first kappa shape index (κ1) is 19.2. The van der Waals surface area contributed by atoms with Crippen molar-refractivity contribution in [2.75, 3.05) is 5.32 Å². The minimum absolute atomic E-state index is 0.175. The summed E-state index contributed by atoms with van der Waals surface area (Å²) < 4.78 is 0. The highest BCUT2D eigenvalue weighted by Crippen LogP contribution is 2.34. The number of anilines is 1. The topological polar surface area (TPSA) is 99.6 Å². The largest absolute Gasteiger partial charge is 0.381 e. The van der Waals surface area contributed by atoms with Gasteiger partial charge in [0.25, 0.3) is 5.56 Å². The monoisotopic (exact) mass is 421 g/mol. The van der Waals surface area contributed by atoms with Gasteiger partial charge < -0.3 is 21.0 Å². The van der Waals surface area contributed by atoms with Gasteiger partial charge in [0.05, 0.1) is 22.2 Å². The van der Waals surface area contributed by atoms with Gasteiger partial charge in [0, 0.05) is 22.5 Å². The number of pyridine rings is 1. The first-order valence-corrected chi connectivity index (χ1v) is 10.7. The lowest BCUT2D eigenvalue weighted by Crippen LogP contribution is -2.33. The van der Waals surface area contributed by atoms with Crippen molar-refractivity contribution in [2.45, 2.75) is 44.7 Å². The van der Waals surface area contributed by atoms with E-state index in [4.69, 9.17) is 17.3 Å². The number of nitrogens with two attached hydrogens (primary N) is 1. The number of fused-ring (bicyclic) bond motifs is 2. The van der Waals surface area contributed by atoms with Crippen LogP contribution < -0.4 is 16.6 Å². The van der Waals surface area contributed by atoms with E-state index < -0.39 is 0 Å². The Hall–Kier alpha value is -2.83. The van der Waals surface area contributed by atoms with E-state index in [0.717, 1.165) is 58.9 Å². The minimum atomic E-state index is -0.175. The molecule has 5 rings (SSSR count). The number of hydrogen-bond donors (Lipinski definition) is 4. The number of halogens is 1. The Kier molecular flexibility index (Phi) is 4.76. The molecule has 0 atom stereocenters. The van der Waals surface area contributed by atoms with E-state index in [1.807, 2.05) is 24.3 Å². The number of aryl methyl sites for hydroxylation is 1. The second-order valence-electron chi connectivity index (χ2n) is 8.26. The zero-order valence-corrected chi connectivity index (χ0v) is 17.5. The van der Waals surface area contributed by atoms with Gasteiger partial charge >= 0.3 is 0 Å². The molecule has 0 bridgehead atoms. The molecule has 0 aliphatic heterocycles. The zero-order chi connectivity index (χ0) is 20.8. The summed E-state index contributed by atoms with van der Waals surface area (Å²) in [7, 11) is 0. The number of aromatic amines is 2. The summed E-state index contributed by atoms with van der Waals surface area (Å²) >= 11 is 6.13. The molecule has 0 saturated heterocycles. The molecule has 6 nitrogen and oxygen atoms in total. The maximum atomic E-state index is 13.2. The van der Waals surface area contributed by atoms with E-state index in [2.05, 4.69) is 33.3 Å². The molecule has 0 spiro atoms. The Balaban J connectivity index is 1.71. The fourth-order valence-electron chi connectivity index (χ4n) is 4.35. The van der Waals surface area contributed by atoms with Crippen molar-refractivity contribution in [3.8, 4) is 11.4 Å². The summed E-state index contributed by atoms with van der Waals surface area (Å²) in [6, 6.07) is 12.1. The van der Waals surface area contributed by atoms with Crippen molar-refractivity contribution in [3.05, 3.63) is 57.3 Å². The van der Waals surface area contributed by atoms with E-state index in [1.54, 1.807) is 6.07 Å². The van der Waals surface area contributed by atoms with Crippen LogP contribution in [0, 0.1) is 6.92 Å². The Bertz CT molecular complexity index is 1300. The van der Waals surface area contributed by atoms with Gasteiger partial charge in [-0.25, -0.2) is 4.98 Å². The van der Waals surface area contributed by atoms with E-state index in [9.17, 15) is 4.79 Å². The number of benzene rings is 2. The van der Waals surface area contributed by atoms with E-state index in [1.165, 1.54) is 0 Å². The third-order valence-corrected chi connectivity index (χ3v) is 6.21. The predicted molar refractivity (Wildman–Crippen MR) is 123 cm³/mol. The molecule has 5 N–H and O–H groups in total. The Morgan fingerprint density at radius 3 is 2.67 bits per heavy atom. The lowest BCUT2D eigenvalue weighted by molar-refractivity contribution is 0.411. The Labute approximate surface area is 178 Å². The van der Waals surface area contributed by atoms with Gasteiger partial charge in [-0.1, -0.05) is 23.2 Å². The normalized spacial score (nSPS) is 19.4. The molecular formula is C23H24ClN5O. The molecule has 154 valence electrons. The smallest absolute Gasteiger partial charge is 0.261 e. The minimum Gasteiger partial charge on any atom is -0.381 e. The van der Waals surface area contributed by atoms with Crippen molar-refractivity contribution in [3.63, 3.8) is 0 Å². The first-order valence-electron chi connectivity index (χ1n) is 10.3. The maximum absolute atomic E-state index is 13.2. The highest BCUT2D eigenvalue weighted by molar-refractivity contribution is 6.31. The number of hydrogen-bond acceptors (Lipinski definition) is 4. The fraction of sp³-hybridized carbons (Fsp3) is 0.304. The van der Waals surface area contributed by atoms with Crippen LogP contribution in [0.5, 0.6) is 0 Å². The van der Waals surface area contributed by atoms with Crippen LogP contribution in [0.25, 0.3) is 33.3 Å². The third-order valence-electron chi connectivity index (χ3n) is 5.97. The molecule has 2 aromatic carbocycles. The number of nitrogens with one attached hydrogen (secondary N) is 3. The van der Waals surface area contributed by atoms with Crippen LogP contribution in [-0.2, 0) is 0 Å². The molecule has 2 heterocycles. The van der Waals surface area contributed by atoms with Crippen LogP contribution >= 0.6 is 11.6 Å². The van der Waals surface area contributed by atoms with Gasteiger partial charge in [-0.2, -0.15) is 0 Å². The number of rotatable bonds is 3. The van der Waals surface area contributed by atoms with Gasteiger partial charge in [-0.15, -0.1) is 0 Å². The summed E-state index contributed by atoms with van der Waals surface area (Å²) in [4.78, 5) is 24.2. The average molecular weight is 422 g/mol. The molecule has 30 heavy (non-hydrogen) atoms. The molecule has 7 heteroatoms.